The van der Waals surface area contributed by atoms with E-state index in [1.807, 2.05) is 33.0 Å². The Morgan fingerprint density at radius 3 is 2.06 bits per heavy atom. The van der Waals surface area contributed by atoms with Crippen LogP contribution in [0.2, 0.25) is 0 Å². The highest BCUT2D eigenvalue weighted by Gasteiger charge is 2.27. The van der Waals surface area contributed by atoms with E-state index >= 15 is 0 Å². The topological polar surface area (TPSA) is 56.8 Å². The molecule has 1 heterocycles. The van der Waals surface area contributed by atoms with Gasteiger partial charge in [0, 0.05) is 27.2 Å². The van der Waals surface area contributed by atoms with Crippen molar-refractivity contribution in [3.05, 3.63) is 12.3 Å². The zero-order chi connectivity index (χ0) is 13.4. The molecule has 1 aliphatic heterocycles. The highest BCUT2D eigenvalue weighted by Crippen LogP contribution is 2.19. The van der Waals surface area contributed by atoms with Crippen LogP contribution in [0, 0.1) is 0 Å². The summed E-state index contributed by atoms with van der Waals surface area (Å²) in [4.78, 5) is 9.60. The van der Waals surface area contributed by atoms with E-state index in [0.29, 0.717) is 6.47 Å². The van der Waals surface area contributed by atoms with Crippen molar-refractivity contribution in [2.45, 2.75) is 38.6 Å². The van der Waals surface area contributed by atoms with Gasteiger partial charge in [-0.25, -0.2) is 0 Å². The second-order valence-corrected chi connectivity index (χ2v) is 4.58. The summed E-state index contributed by atoms with van der Waals surface area (Å²) in [5.41, 5.74) is -0.318. The van der Waals surface area contributed by atoms with E-state index < -0.39 is 5.79 Å². The SMILES string of the molecule is CC(C)(C)OC=O.COC1(OC)C=CNCC1. The molecule has 1 N–H and O–H groups in total. The first-order valence-corrected chi connectivity index (χ1v) is 5.52. The summed E-state index contributed by atoms with van der Waals surface area (Å²) in [6, 6.07) is 0. The molecule has 17 heavy (non-hydrogen) atoms. The van der Waals surface area contributed by atoms with Gasteiger partial charge >= 0.3 is 0 Å². The largest absolute Gasteiger partial charge is 0.462 e. The Balaban J connectivity index is 0.000000325. The van der Waals surface area contributed by atoms with Gasteiger partial charge in [0.05, 0.1) is 0 Å². The molecule has 0 unspecified atom stereocenters. The maximum Gasteiger partial charge on any atom is 0.293 e. The smallest absolute Gasteiger partial charge is 0.293 e. The zero-order valence-electron chi connectivity index (χ0n) is 11.3. The van der Waals surface area contributed by atoms with Crippen LogP contribution in [0.25, 0.3) is 0 Å². The molecule has 1 rings (SSSR count). The minimum Gasteiger partial charge on any atom is -0.462 e. The number of hydrogen-bond acceptors (Lipinski definition) is 5. The van der Waals surface area contributed by atoms with Gasteiger partial charge in [-0.3, -0.25) is 4.79 Å². The summed E-state index contributed by atoms with van der Waals surface area (Å²) >= 11 is 0. The van der Waals surface area contributed by atoms with Gasteiger partial charge in [0.1, 0.15) is 5.60 Å². The lowest BCUT2D eigenvalue weighted by atomic mass is 10.1. The number of carbonyl (C=O) groups is 1. The molecular formula is C12H23NO4. The third-order valence-electron chi connectivity index (χ3n) is 2.17. The van der Waals surface area contributed by atoms with Crippen LogP contribution in [0.15, 0.2) is 12.3 Å². The minimum absolute atomic E-state index is 0.318. The Bertz CT molecular complexity index is 241. The standard InChI is InChI=1S/C7H13NO2.C5H10O2/c1-9-7(10-2)3-5-8-6-4-7;1-5(2,3)7-4-6/h3,5,8H,4,6H2,1-2H3;4H,1-3H3. The lowest BCUT2D eigenvalue weighted by Gasteiger charge is -2.30. The highest BCUT2D eigenvalue weighted by atomic mass is 16.7. The molecule has 5 heteroatoms. The van der Waals surface area contributed by atoms with Gasteiger partial charge in [0.15, 0.2) is 5.79 Å². The van der Waals surface area contributed by atoms with E-state index in [4.69, 9.17) is 9.47 Å². The van der Waals surface area contributed by atoms with Crippen LogP contribution in [0.4, 0.5) is 0 Å². The van der Waals surface area contributed by atoms with Crippen molar-refractivity contribution in [3.8, 4) is 0 Å². The highest BCUT2D eigenvalue weighted by molar-refractivity contribution is 5.37. The van der Waals surface area contributed by atoms with Crippen molar-refractivity contribution in [2.75, 3.05) is 20.8 Å². The first-order chi connectivity index (χ1) is 7.89. The van der Waals surface area contributed by atoms with Gasteiger partial charge in [0.2, 0.25) is 0 Å². The Kier molecular flexibility index (Phi) is 6.83. The maximum absolute atomic E-state index is 9.60. The molecular weight excluding hydrogens is 222 g/mol. The summed E-state index contributed by atoms with van der Waals surface area (Å²) in [6.45, 7) is 6.82. The molecule has 1 aliphatic rings. The van der Waals surface area contributed by atoms with Gasteiger partial charge in [-0.2, -0.15) is 0 Å². The molecule has 0 aromatic rings. The third-order valence-corrected chi connectivity index (χ3v) is 2.17. The number of hydrogen-bond donors (Lipinski definition) is 1. The first-order valence-electron chi connectivity index (χ1n) is 5.52. The Labute approximate surface area is 103 Å². The molecule has 5 nitrogen and oxygen atoms in total. The average Bonchev–Trinajstić information content (AvgIpc) is 2.29. The fraction of sp³-hybridized carbons (Fsp3) is 0.750. The van der Waals surface area contributed by atoms with Gasteiger partial charge in [0.25, 0.3) is 6.47 Å². The summed E-state index contributed by atoms with van der Waals surface area (Å²) in [7, 11) is 3.30. The molecule has 0 bridgehead atoms. The van der Waals surface area contributed by atoms with E-state index in [-0.39, 0.29) is 5.60 Å². The van der Waals surface area contributed by atoms with Crippen LogP contribution >= 0.6 is 0 Å². The molecule has 0 radical (unpaired) electrons. The summed E-state index contributed by atoms with van der Waals surface area (Å²) in [6.07, 6.45) is 4.60. The fourth-order valence-corrected chi connectivity index (χ4v) is 1.17. The van der Waals surface area contributed by atoms with Crippen LogP contribution in [-0.4, -0.2) is 38.6 Å². The molecule has 0 aliphatic carbocycles. The number of rotatable bonds is 3. The molecule has 0 aromatic carbocycles. The van der Waals surface area contributed by atoms with E-state index in [1.165, 1.54) is 0 Å². The quantitative estimate of drug-likeness (QED) is 0.602. The van der Waals surface area contributed by atoms with Crippen molar-refractivity contribution in [1.29, 1.82) is 0 Å². The number of ether oxygens (including phenoxy) is 3. The predicted molar refractivity (Wildman–Crippen MR) is 65.4 cm³/mol. The van der Waals surface area contributed by atoms with Crippen molar-refractivity contribution in [2.24, 2.45) is 0 Å². The van der Waals surface area contributed by atoms with E-state index in [1.54, 1.807) is 14.2 Å². The molecule has 0 spiro atoms. The Morgan fingerprint density at radius 2 is 1.88 bits per heavy atom. The second kappa shape index (κ2) is 7.29. The van der Waals surface area contributed by atoms with Crippen LogP contribution in [0.1, 0.15) is 27.2 Å². The minimum atomic E-state index is -0.481. The molecule has 0 saturated carbocycles. The van der Waals surface area contributed by atoms with E-state index in [0.717, 1.165) is 13.0 Å². The van der Waals surface area contributed by atoms with E-state index in [2.05, 4.69) is 10.1 Å². The first kappa shape index (κ1) is 15.9. The summed E-state index contributed by atoms with van der Waals surface area (Å²) in [5.74, 6) is -0.481. The lowest BCUT2D eigenvalue weighted by Crippen LogP contribution is -2.37. The van der Waals surface area contributed by atoms with Crippen molar-refractivity contribution < 1.29 is 19.0 Å². The van der Waals surface area contributed by atoms with Gasteiger partial charge < -0.3 is 19.5 Å². The normalized spacial score (nSPS) is 17.5. The molecule has 0 aromatic heterocycles. The monoisotopic (exact) mass is 245 g/mol. The average molecular weight is 245 g/mol. The molecule has 0 atom stereocenters. The van der Waals surface area contributed by atoms with Crippen LogP contribution in [0.5, 0.6) is 0 Å². The lowest BCUT2D eigenvalue weighted by molar-refractivity contribution is -0.175. The third kappa shape index (κ3) is 6.97. The number of nitrogens with one attached hydrogen (secondary N) is 1. The van der Waals surface area contributed by atoms with E-state index in [9.17, 15) is 4.79 Å². The molecule has 0 fully saturated rings. The second-order valence-electron chi connectivity index (χ2n) is 4.58. The molecule has 0 amide bonds. The molecule has 0 saturated heterocycles. The number of methoxy groups -OCH3 is 2. The van der Waals surface area contributed by atoms with Gasteiger partial charge in [-0.15, -0.1) is 0 Å². The maximum atomic E-state index is 9.60. The van der Waals surface area contributed by atoms with Crippen molar-refractivity contribution in [1.82, 2.24) is 5.32 Å². The van der Waals surface area contributed by atoms with Gasteiger partial charge in [-0.1, -0.05) is 0 Å². The van der Waals surface area contributed by atoms with Crippen molar-refractivity contribution >= 4 is 6.47 Å². The summed E-state index contributed by atoms with van der Waals surface area (Å²) in [5, 5.41) is 3.07. The van der Waals surface area contributed by atoms with Crippen LogP contribution in [0.3, 0.4) is 0 Å². The Hall–Kier alpha value is -1.07. The van der Waals surface area contributed by atoms with Gasteiger partial charge in [-0.05, 0) is 33.0 Å². The summed E-state index contributed by atoms with van der Waals surface area (Å²) < 4.78 is 14.9. The van der Waals surface area contributed by atoms with Crippen molar-refractivity contribution in [3.63, 3.8) is 0 Å². The number of carbonyl (C=O) groups excluding carboxylic acids is 1. The predicted octanol–water partition coefficient (Wildman–Crippen LogP) is 1.44. The van der Waals surface area contributed by atoms with Crippen LogP contribution < -0.4 is 5.32 Å². The Morgan fingerprint density at radius 1 is 1.29 bits per heavy atom. The van der Waals surface area contributed by atoms with Crippen LogP contribution in [-0.2, 0) is 19.0 Å². The zero-order valence-corrected chi connectivity index (χ0v) is 11.3. The molecule has 100 valence electrons. The fourth-order valence-electron chi connectivity index (χ4n) is 1.17.